The minimum Gasteiger partial charge on any atom is -0.494 e. The standard InChI is InChI=1S/C37H45ClN6O7S/c1-8-22-17-37(22,35(47)43-52(48,49)25-10-11-25)42-32(45)28-16-24(51-33-27-15-23(38)9-12-26(27)29(50-7)18-39-33)19-44(28)34(46)31(36(4,5)6)41-30-14-20(2)13-21(3)40-30/h8-9,12-15,18,22,24-25,28,31H,1,10-11,16-17,19H2,2-7H3,(H,40,41)(H,42,45)(H,43,47)/t22-,24-,28+,31+,37-/m1/s1. The summed E-state index contributed by atoms with van der Waals surface area (Å²) in [6.45, 7) is 13.4. The molecule has 278 valence electrons. The van der Waals surface area contributed by atoms with Crippen LogP contribution in [0.25, 0.3) is 10.8 Å². The van der Waals surface area contributed by atoms with Crippen LogP contribution in [0.4, 0.5) is 5.82 Å². The Labute approximate surface area is 308 Å². The van der Waals surface area contributed by atoms with Crippen molar-refractivity contribution in [3.05, 3.63) is 65.5 Å². The van der Waals surface area contributed by atoms with Crippen molar-refractivity contribution in [1.82, 2.24) is 24.9 Å². The minimum absolute atomic E-state index is 0.0152. The van der Waals surface area contributed by atoms with Crippen molar-refractivity contribution in [2.75, 3.05) is 19.0 Å². The molecule has 3 heterocycles. The van der Waals surface area contributed by atoms with E-state index in [1.54, 1.807) is 18.2 Å². The average Bonchev–Trinajstić information content (AvgIpc) is 3.99. The van der Waals surface area contributed by atoms with Crippen LogP contribution >= 0.6 is 11.6 Å². The number of methoxy groups -OCH3 is 1. The fourth-order valence-electron chi connectivity index (χ4n) is 6.85. The quantitative estimate of drug-likeness (QED) is 0.225. The highest BCUT2D eigenvalue weighted by molar-refractivity contribution is 7.91. The maximum Gasteiger partial charge on any atom is 0.259 e. The highest BCUT2D eigenvalue weighted by Gasteiger charge is 2.62. The summed E-state index contributed by atoms with van der Waals surface area (Å²) >= 11 is 6.35. The first-order valence-corrected chi connectivity index (χ1v) is 19.2. The third-order valence-electron chi connectivity index (χ3n) is 9.87. The summed E-state index contributed by atoms with van der Waals surface area (Å²) in [7, 11) is -2.35. The second-order valence-electron chi connectivity index (χ2n) is 15.1. The summed E-state index contributed by atoms with van der Waals surface area (Å²) in [6.07, 6.45) is 3.53. The highest BCUT2D eigenvalue weighted by atomic mass is 35.5. The van der Waals surface area contributed by atoms with Crippen LogP contribution in [0, 0.1) is 25.2 Å². The molecule has 1 saturated heterocycles. The van der Waals surface area contributed by atoms with Crippen LogP contribution in [0.2, 0.25) is 5.02 Å². The second kappa shape index (κ2) is 13.8. The molecule has 3 amide bonds. The van der Waals surface area contributed by atoms with Gasteiger partial charge >= 0.3 is 0 Å². The minimum atomic E-state index is -3.88. The van der Waals surface area contributed by atoms with Gasteiger partial charge in [-0.3, -0.25) is 19.1 Å². The van der Waals surface area contributed by atoms with E-state index in [9.17, 15) is 22.8 Å². The molecule has 3 fully saturated rings. The molecular weight excluding hydrogens is 708 g/mol. The number of fused-ring (bicyclic) bond motifs is 1. The van der Waals surface area contributed by atoms with Gasteiger partial charge in [0.05, 0.1) is 25.1 Å². The first-order chi connectivity index (χ1) is 24.4. The Bertz CT molecular complexity index is 2030. The normalized spacial score (nSPS) is 23.4. The predicted octanol–water partition coefficient (Wildman–Crippen LogP) is 4.45. The third kappa shape index (κ3) is 7.54. The van der Waals surface area contributed by atoms with Crippen molar-refractivity contribution in [3.63, 3.8) is 0 Å². The number of likely N-dealkylation sites (tertiary alicyclic amines) is 1. The van der Waals surface area contributed by atoms with E-state index in [1.807, 2.05) is 46.8 Å². The summed E-state index contributed by atoms with van der Waals surface area (Å²) in [5, 5.41) is 7.30. The number of aromatic nitrogens is 2. The molecule has 2 saturated carbocycles. The van der Waals surface area contributed by atoms with Crippen molar-refractivity contribution in [3.8, 4) is 11.6 Å². The zero-order valence-corrected chi connectivity index (χ0v) is 31.7. The Morgan fingerprint density at radius 2 is 1.87 bits per heavy atom. The molecule has 5 atom stereocenters. The number of ether oxygens (including phenoxy) is 2. The fraction of sp³-hybridized carbons (Fsp3) is 0.486. The fourth-order valence-corrected chi connectivity index (χ4v) is 8.39. The SMILES string of the molecule is C=C[C@@H]1C[C@]1(NC(=O)[C@@H]1C[C@@H](Oc2ncc(OC)c3ccc(Cl)cc23)CN1C(=O)[C@H](Nc1cc(C)cc(C)n1)C(C)(C)C)C(=O)NS(=O)(=O)C1CC1. The monoisotopic (exact) mass is 752 g/mol. The van der Waals surface area contributed by atoms with Gasteiger partial charge in [-0.25, -0.2) is 18.4 Å². The summed E-state index contributed by atoms with van der Waals surface area (Å²) in [5.41, 5.74) is -0.412. The van der Waals surface area contributed by atoms with E-state index >= 15 is 0 Å². The zero-order valence-electron chi connectivity index (χ0n) is 30.2. The van der Waals surface area contributed by atoms with Crippen LogP contribution in [-0.2, 0) is 24.4 Å². The number of amides is 3. The van der Waals surface area contributed by atoms with Crippen LogP contribution in [0.5, 0.6) is 11.6 Å². The maximum atomic E-state index is 14.7. The van der Waals surface area contributed by atoms with E-state index in [-0.39, 0.29) is 31.2 Å². The topological polar surface area (TPSA) is 169 Å². The van der Waals surface area contributed by atoms with Gasteiger partial charge in [-0.05, 0) is 74.4 Å². The number of hydrogen-bond donors (Lipinski definition) is 3. The number of hydrogen-bond acceptors (Lipinski definition) is 10. The third-order valence-corrected chi connectivity index (χ3v) is 11.9. The molecule has 0 spiro atoms. The van der Waals surface area contributed by atoms with Crippen molar-refractivity contribution in [2.24, 2.45) is 11.3 Å². The van der Waals surface area contributed by atoms with Crippen LogP contribution in [0.15, 0.2) is 49.2 Å². The van der Waals surface area contributed by atoms with Crippen molar-refractivity contribution >= 4 is 55.9 Å². The van der Waals surface area contributed by atoms with Gasteiger partial charge in [0.1, 0.15) is 35.3 Å². The molecule has 52 heavy (non-hydrogen) atoms. The first-order valence-electron chi connectivity index (χ1n) is 17.3. The number of carbonyl (C=O) groups is 3. The molecule has 13 nitrogen and oxygen atoms in total. The highest BCUT2D eigenvalue weighted by Crippen LogP contribution is 2.46. The van der Waals surface area contributed by atoms with E-state index in [2.05, 4.69) is 31.9 Å². The van der Waals surface area contributed by atoms with Crippen molar-refractivity contribution in [2.45, 2.75) is 89.3 Å². The van der Waals surface area contributed by atoms with Crippen LogP contribution < -0.4 is 24.8 Å². The van der Waals surface area contributed by atoms with Crippen LogP contribution in [0.1, 0.15) is 57.7 Å². The number of pyridine rings is 2. The Morgan fingerprint density at radius 1 is 1.13 bits per heavy atom. The number of nitrogens with zero attached hydrogens (tertiary/aromatic N) is 3. The van der Waals surface area contributed by atoms with Gasteiger partial charge in [-0.2, -0.15) is 0 Å². The van der Waals surface area contributed by atoms with Gasteiger partial charge < -0.3 is 25.0 Å². The van der Waals surface area contributed by atoms with Gasteiger partial charge in [0.2, 0.25) is 27.7 Å². The molecule has 1 aliphatic heterocycles. The average molecular weight is 753 g/mol. The molecule has 1 aromatic carbocycles. The van der Waals surface area contributed by atoms with Gasteiger partial charge in [0, 0.05) is 33.8 Å². The lowest BCUT2D eigenvalue weighted by atomic mass is 9.85. The van der Waals surface area contributed by atoms with E-state index in [1.165, 1.54) is 24.3 Å². The first kappa shape index (κ1) is 37.3. The Hall–Kier alpha value is -4.43. The molecule has 2 aromatic heterocycles. The Balaban J connectivity index is 1.33. The lowest BCUT2D eigenvalue weighted by Crippen LogP contribution is -2.58. The molecule has 3 aromatic rings. The van der Waals surface area contributed by atoms with Crippen molar-refractivity contribution in [1.29, 1.82) is 0 Å². The second-order valence-corrected chi connectivity index (χ2v) is 17.5. The molecule has 0 bridgehead atoms. The molecule has 2 aliphatic carbocycles. The van der Waals surface area contributed by atoms with Crippen LogP contribution in [-0.4, -0.2) is 83.6 Å². The number of benzene rings is 1. The molecule has 0 unspecified atom stereocenters. The lowest BCUT2D eigenvalue weighted by molar-refractivity contribution is -0.141. The molecule has 15 heteroatoms. The number of rotatable bonds is 12. The zero-order chi connectivity index (χ0) is 37.7. The lowest BCUT2D eigenvalue weighted by Gasteiger charge is -2.36. The smallest absolute Gasteiger partial charge is 0.259 e. The van der Waals surface area contributed by atoms with E-state index in [0.717, 1.165) is 11.3 Å². The van der Waals surface area contributed by atoms with E-state index in [0.29, 0.717) is 40.2 Å². The molecule has 0 radical (unpaired) electrons. The number of nitrogens with one attached hydrogen (secondary N) is 3. The van der Waals surface area contributed by atoms with E-state index in [4.69, 9.17) is 21.1 Å². The number of halogens is 1. The van der Waals surface area contributed by atoms with Gasteiger partial charge in [-0.15, -0.1) is 6.58 Å². The largest absolute Gasteiger partial charge is 0.494 e. The number of anilines is 1. The Kier molecular flexibility index (Phi) is 9.94. The summed E-state index contributed by atoms with van der Waals surface area (Å²) in [4.78, 5) is 53.1. The van der Waals surface area contributed by atoms with E-state index < -0.39 is 62.1 Å². The van der Waals surface area contributed by atoms with Gasteiger partial charge in [0.15, 0.2) is 0 Å². The summed E-state index contributed by atoms with van der Waals surface area (Å²) in [5.74, 6) is -1.02. The van der Waals surface area contributed by atoms with Gasteiger partial charge in [0.25, 0.3) is 5.91 Å². The number of aryl methyl sites for hydroxylation is 2. The van der Waals surface area contributed by atoms with Crippen LogP contribution in [0.3, 0.4) is 0 Å². The maximum absolute atomic E-state index is 14.7. The number of sulfonamides is 1. The predicted molar refractivity (Wildman–Crippen MR) is 198 cm³/mol. The molecule has 3 aliphatic rings. The molecular formula is C37H45ClN6O7S. The Morgan fingerprint density at radius 3 is 2.48 bits per heavy atom. The van der Waals surface area contributed by atoms with Gasteiger partial charge in [-0.1, -0.05) is 38.4 Å². The summed E-state index contributed by atoms with van der Waals surface area (Å²) in [6, 6.07) is 7.12. The summed E-state index contributed by atoms with van der Waals surface area (Å²) < 4.78 is 39.5. The molecule has 3 N–H and O–H groups in total. The molecule has 6 rings (SSSR count). The number of carbonyl (C=O) groups excluding carboxylic acids is 3. The van der Waals surface area contributed by atoms with Crippen molar-refractivity contribution < 1.29 is 32.3 Å².